The summed E-state index contributed by atoms with van der Waals surface area (Å²) in [6, 6.07) is 6.82. The van der Waals surface area contributed by atoms with Crippen LogP contribution < -0.4 is 5.32 Å². The summed E-state index contributed by atoms with van der Waals surface area (Å²) in [4.78, 5) is 0. The molecule has 0 radical (unpaired) electrons. The normalized spacial score (nSPS) is 12.7. The Morgan fingerprint density at radius 2 is 2.17 bits per heavy atom. The average Bonchev–Trinajstić information content (AvgIpc) is 3.05. The highest BCUT2D eigenvalue weighted by molar-refractivity contribution is 7.07. The summed E-state index contributed by atoms with van der Waals surface area (Å²) in [5.41, 5.74) is 1.46. The van der Waals surface area contributed by atoms with E-state index in [1.807, 2.05) is 6.07 Å². The molecule has 1 N–H and O–H groups in total. The lowest BCUT2D eigenvalue weighted by molar-refractivity contribution is 0.432. The molecule has 2 rings (SSSR count). The summed E-state index contributed by atoms with van der Waals surface area (Å²) in [5, 5.41) is 7.97. The summed E-state index contributed by atoms with van der Waals surface area (Å²) in [6.45, 7) is 3.21. The minimum absolute atomic E-state index is 0.583. The quantitative estimate of drug-likeness (QED) is 0.781. The largest absolute Gasteiger partial charge is 0.469 e. The second kappa shape index (κ2) is 7.39. The molecule has 2 heterocycles. The molecule has 0 fully saturated rings. The van der Waals surface area contributed by atoms with Gasteiger partial charge in [0.2, 0.25) is 0 Å². The van der Waals surface area contributed by atoms with Crippen LogP contribution in [0.25, 0.3) is 0 Å². The third kappa shape index (κ3) is 4.31. The van der Waals surface area contributed by atoms with Crippen molar-refractivity contribution in [2.75, 3.05) is 6.54 Å². The minimum Gasteiger partial charge on any atom is -0.469 e. The topological polar surface area (TPSA) is 25.2 Å². The van der Waals surface area contributed by atoms with Gasteiger partial charge >= 0.3 is 0 Å². The van der Waals surface area contributed by atoms with Gasteiger partial charge in [0.1, 0.15) is 5.76 Å². The van der Waals surface area contributed by atoms with Crippen molar-refractivity contribution in [1.29, 1.82) is 0 Å². The monoisotopic (exact) mass is 263 g/mol. The zero-order chi connectivity index (χ0) is 12.6. The maximum atomic E-state index is 5.39. The maximum absolute atomic E-state index is 5.39. The van der Waals surface area contributed by atoms with Crippen LogP contribution in [0.2, 0.25) is 0 Å². The highest BCUT2D eigenvalue weighted by atomic mass is 32.1. The van der Waals surface area contributed by atoms with E-state index < -0.39 is 0 Å². The minimum atomic E-state index is 0.583. The Morgan fingerprint density at radius 3 is 2.83 bits per heavy atom. The van der Waals surface area contributed by atoms with Crippen LogP contribution in [0.4, 0.5) is 0 Å². The lowest BCUT2D eigenvalue weighted by atomic mass is 10.0. The van der Waals surface area contributed by atoms with E-state index in [9.17, 15) is 0 Å². The number of furan rings is 1. The van der Waals surface area contributed by atoms with E-state index in [1.165, 1.54) is 18.4 Å². The Balaban J connectivity index is 1.76. The molecular formula is C15H21NOS. The van der Waals surface area contributed by atoms with Gasteiger partial charge in [-0.2, -0.15) is 11.3 Å². The van der Waals surface area contributed by atoms with Crippen molar-refractivity contribution in [3.63, 3.8) is 0 Å². The van der Waals surface area contributed by atoms with Crippen molar-refractivity contribution in [1.82, 2.24) is 5.32 Å². The molecule has 0 aliphatic heterocycles. The fraction of sp³-hybridized carbons (Fsp3) is 0.467. The molecule has 0 bridgehead atoms. The SMILES string of the molecule is CCNC(CCc1ccsc1)CCc1ccco1. The number of hydrogen-bond acceptors (Lipinski definition) is 3. The van der Waals surface area contributed by atoms with Crippen molar-refractivity contribution in [2.45, 2.75) is 38.6 Å². The fourth-order valence-corrected chi connectivity index (χ4v) is 2.89. The van der Waals surface area contributed by atoms with Gasteiger partial charge in [0, 0.05) is 12.5 Å². The molecule has 0 saturated heterocycles. The molecule has 0 aromatic carbocycles. The first-order valence-corrected chi connectivity index (χ1v) is 7.59. The Hall–Kier alpha value is -1.06. The van der Waals surface area contributed by atoms with Gasteiger partial charge in [0.15, 0.2) is 0 Å². The summed E-state index contributed by atoms with van der Waals surface area (Å²) >= 11 is 1.78. The molecule has 18 heavy (non-hydrogen) atoms. The first-order chi connectivity index (χ1) is 8.88. The number of hydrogen-bond donors (Lipinski definition) is 1. The first-order valence-electron chi connectivity index (χ1n) is 6.65. The highest BCUT2D eigenvalue weighted by Crippen LogP contribution is 2.13. The first kappa shape index (κ1) is 13.4. The lowest BCUT2D eigenvalue weighted by Gasteiger charge is -2.16. The second-order valence-corrected chi connectivity index (χ2v) is 5.32. The molecular weight excluding hydrogens is 242 g/mol. The van der Waals surface area contributed by atoms with Crippen molar-refractivity contribution in [3.8, 4) is 0 Å². The predicted octanol–water partition coefficient (Wildman–Crippen LogP) is 3.88. The molecule has 0 aliphatic rings. The van der Waals surface area contributed by atoms with Crippen LogP contribution in [0.15, 0.2) is 39.6 Å². The van der Waals surface area contributed by atoms with E-state index in [0.29, 0.717) is 6.04 Å². The second-order valence-electron chi connectivity index (χ2n) is 4.54. The zero-order valence-corrected chi connectivity index (χ0v) is 11.7. The molecule has 2 nitrogen and oxygen atoms in total. The predicted molar refractivity (Wildman–Crippen MR) is 77.1 cm³/mol. The van der Waals surface area contributed by atoms with Crippen LogP contribution in [0.5, 0.6) is 0 Å². The van der Waals surface area contributed by atoms with Gasteiger partial charge in [-0.25, -0.2) is 0 Å². The van der Waals surface area contributed by atoms with E-state index >= 15 is 0 Å². The lowest BCUT2D eigenvalue weighted by Crippen LogP contribution is -2.29. The molecule has 0 aliphatic carbocycles. The molecule has 2 aromatic heterocycles. The van der Waals surface area contributed by atoms with Crippen LogP contribution in [-0.4, -0.2) is 12.6 Å². The third-order valence-electron chi connectivity index (χ3n) is 3.17. The Morgan fingerprint density at radius 1 is 1.28 bits per heavy atom. The summed E-state index contributed by atoms with van der Waals surface area (Å²) in [5.74, 6) is 1.09. The van der Waals surface area contributed by atoms with Gasteiger partial charge in [-0.3, -0.25) is 0 Å². The van der Waals surface area contributed by atoms with Crippen LogP contribution in [0, 0.1) is 0 Å². The fourth-order valence-electron chi connectivity index (χ4n) is 2.18. The van der Waals surface area contributed by atoms with E-state index in [1.54, 1.807) is 17.6 Å². The van der Waals surface area contributed by atoms with Gasteiger partial charge in [-0.15, -0.1) is 0 Å². The van der Waals surface area contributed by atoms with Crippen molar-refractivity contribution in [2.24, 2.45) is 0 Å². The van der Waals surface area contributed by atoms with Gasteiger partial charge < -0.3 is 9.73 Å². The van der Waals surface area contributed by atoms with Gasteiger partial charge in [-0.05, 0) is 60.3 Å². The number of nitrogens with one attached hydrogen (secondary N) is 1. The molecule has 1 atom stereocenters. The summed E-state index contributed by atoms with van der Waals surface area (Å²) in [6.07, 6.45) is 6.29. The Bertz CT molecular complexity index is 369. The average molecular weight is 263 g/mol. The number of thiophene rings is 1. The summed E-state index contributed by atoms with van der Waals surface area (Å²) in [7, 11) is 0. The number of aryl methyl sites for hydroxylation is 2. The van der Waals surface area contributed by atoms with Crippen molar-refractivity contribution >= 4 is 11.3 Å². The molecule has 0 saturated carbocycles. The molecule has 3 heteroatoms. The maximum Gasteiger partial charge on any atom is 0.103 e. The Kier molecular flexibility index (Phi) is 5.49. The van der Waals surface area contributed by atoms with Gasteiger partial charge in [0.25, 0.3) is 0 Å². The Labute approximate surface area is 113 Å². The van der Waals surface area contributed by atoms with Crippen LogP contribution in [0.3, 0.4) is 0 Å². The molecule has 98 valence electrons. The summed E-state index contributed by atoms with van der Waals surface area (Å²) < 4.78 is 5.39. The van der Waals surface area contributed by atoms with Crippen molar-refractivity contribution in [3.05, 3.63) is 46.5 Å². The van der Waals surface area contributed by atoms with E-state index in [4.69, 9.17) is 4.42 Å². The molecule has 1 unspecified atom stereocenters. The number of rotatable bonds is 8. The van der Waals surface area contributed by atoms with Crippen LogP contribution in [0.1, 0.15) is 31.1 Å². The van der Waals surface area contributed by atoms with Crippen LogP contribution in [-0.2, 0) is 12.8 Å². The van der Waals surface area contributed by atoms with E-state index in [2.05, 4.69) is 35.1 Å². The van der Waals surface area contributed by atoms with E-state index in [-0.39, 0.29) is 0 Å². The third-order valence-corrected chi connectivity index (χ3v) is 3.91. The molecule has 0 amide bonds. The standard InChI is InChI=1S/C15H21NOS/c1-2-16-14(6-5-13-9-11-18-12-13)7-8-15-4-3-10-17-15/h3-4,9-12,14,16H,2,5-8H2,1H3. The van der Waals surface area contributed by atoms with Crippen LogP contribution >= 0.6 is 11.3 Å². The smallest absolute Gasteiger partial charge is 0.103 e. The molecule has 2 aromatic rings. The van der Waals surface area contributed by atoms with Gasteiger partial charge in [0.05, 0.1) is 6.26 Å². The molecule has 0 spiro atoms. The van der Waals surface area contributed by atoms with Gasteiger partial charge in [-0.1, -0.05) is 6.92 Å². The zero-order valence-electron chi connectivity index (χ0n) is 10.9. The highest BCUT2D eigenvalue weighted by Gasteiger charge is 2.09. The van der Waals surface area contributed by atoms with Crippen molar-refractivity contribution < 1.29 is 4.42 Å². The van der Waals surface area contributed by atoms with E-state index in [0.717, 1.165) is 25.1 Å².